The molecule has 0 atom stereocenters. The first kappa shape index (κ1) is 20.7. The number of amides is 1. The summed E-state index contributed by atoms with van der Waals surface area (Å²) in [5.74, 6) is 1.03. The van der Waals surface area contributed by atoms with Gasteiger partial charge < -0.3 is 19.0 Å². The van der Waals surface area contributed by atoms with Crippen LogP contribution in [0.5, 0.6) is 0 Å². The Morgan fingerprint density at radius 1 is 1.37 bits per heavy atom. The van der Waals surface area contributed by atoms with Gasteiger partial charge in [0, 0.05) is 11.9 Å². The quantitative estimate of drug-likeness (QED) is 0.435. The molecule has 3 heterocycles. The highest BCUT2D eigenvalue weighted by molar-refractivity contribution is 7.99. The van der Waals surface area contributed by atoms with E-state index in [2.05, 4.69) is 15.5 Å². The third-order valence-corrected chi connectivity index (χ3v) is 7.15. The van der Waals surface area contributed by atoms with E-state index in [1.165, 1.54) is 23.1 Å². The van der Waals surface area contributed by atoms with E-state index < -0.39 is 0 Å². The van der Waals surface area contributed by atoms with Crippen LogP contribution in [0, 0.1) is 6.92 Å². The molecule has 0 fully saturated rings. The fourth-order valence-corrected chi connectivity index (χ4v) is 5.50. The Morgan fingerprint density at radius 2 is 2.20 bits per heavy atom. The molecule has 0 bridgehead atoms. The Kier molecular flexibility index (Phi) is 5.96. The number of nitrogens with one attached hydrogen (secondary N) is 1. The third kappa shape index (κ3) is 3.89. The Morgan fingerprint density at radius 3 is 2.93 bits per heavy atom. The van der Waals surface area contributed by atoms with Gasteiger partial charge in [0.15, 0.2) is 11.0 Å². The second kappa shape index (κ2) is 8.65. The molecule has 0 saturated carbocycles. The van der Waals surface area contributed by atoms with Crippen LogP contribution in [-0.4, -0.2) is 39.0 Å². The zero-order valence-electron chi connectivity index (χ0n) is 17.0. The van der Waals surface area contributed by atoms with E-state index in [4.69, 9.17) is 9.15 Å². The van der Waals surface area contributed by atoms with Crippen LogP contribution in [0.1, 0.15) is 39.9 Å². The molecule has 0 aromatic carbocycles. The van der Waals surface area contributed by atoms with E-state index in [1.807, 2.05) is 24.6 Å². The number of thiophene rings is 1. The molecule has 3 aromatic heterocycles. The molecular formula is C20H22N4O4S2. The number of carbonyl (C=O) groups is 2. The summed E-state index contributed by atoms with van der Waals surface area (Å²) in [5.41, 5.74) is 2.41. The first-order chi connectivity index (χ1) is 14.5. The number of hydrogen-bond donors (Lipinski definition) is 1. The van der Waals surface area contributed by atoms with Crippen molar-refractivity contribution < 1.29 is 18.7 Å². The molecule has 1 N–H and O–H groups in total. The van der Waals surface area contributed by atoms with Gasteiger partial charge in [0.2, 0.25) is 5.91 Å². The fraction of sp³-hybridized carbons (Fsp3) is 0.400. The number of carbonyl (C=O) groups excluding carboxylic acids is 2. The predicted octanol–water partition coefficient (Wildman–Crippen LogP) is 3.84. The monoisotopic (exact) mass is 446 g/mol. The second-order valence-corrected chi connectivity index (χ2v) is 8.92. The summed E-state index contributed by atoms with van der Waals surface area (Å²) in [6.45, 7) is 3.95. The number of aromatic nitrogens is 3. The van der Waals surface area contributed by atoms with Gasteiger partial charge >= 0.3 is 5.97 Å². The summed E-state index contributed by atoms with van der Waals surface area (Å²) in [7, 11) is 1.85. The lowest BCUT2D eigenvalue weighted by molar-refractivity contribution is -0.113. The first-order valence-electron chi connectivity index (χ1n) is 9.67. The van der Waals surface area contributed by atoms with Gasteiger partial charge in [-0.25, -0.2) is 4.79 Å². The maximum Gasteiger partial charge on any atom is 0.341 e. The summed E-state index contributed by atoms with van der Waals surface area (Å²) in [5, 5.41) is 12.5. The minimum absolute atomic E-state index is 0.154. The maximum atomic E-state index is 12.6. The summed E-state index contributed by atoms with van der Waals surface area (Å²) >= 11 is 2.76. The topological polar surface area (TPSA) is 99.2 Å². The van der Waals surface area contributed by atoms with Crippen LogP contribution in [-0.2, 0) is 29.4 Å². The number of nitrogens with zero attached hydrogens (tertiary/aromatic N) is 3. The van der Waals surface area contributed by atoms with Crippen LogP contribution in [0.2, 0.25) is 0 Å². The lowest BCUT2D eigenvalue weighted by atomic mass is 10.1. The van der Waals surface area contributed by atoms with Crippen molar-refractivity contribution >= 4 is 40.0 Å². The van der Waals surface area contributed by atoms with E-state index in [1.54, 1.807) is 13.2 Å². The third-order valence-electron chi connectivity index (χ3n) is 4.92. The molecule has 10 heteroatoms. The number of fused-ring (bicyclic) bond motifs is 1. The van der Waals surface area contributed by atoms with Crippen LogP contribution in [0.25, 0.3) is 11.4 Å². The standard InChI is InChI=1S/C20H22N4O4S2/c1-4-27-19(26)16-13-6-5-7-14(13)30-18(16)21-15(25)10-29-20-23-22-17(24(20)3)12-8-9-28-11(12)2/h8-9H,4-7,10H2,1-3H3,(H,21,25). The number of ether oxygens (including phenoxy) is 1. The average Bonchev–Trinajstić information content (AvgIpc) is 3.45. The number of anilines is 1. The van der Waals surface area contributed by atoms with Gasteiger partial charge in [0.25, 0.3) is 0 Å². The zero-order chi connectivity index (χ0) is 21.3. The second-order valence-electron chi connectivity index (χ2n) is 6.87. The summed E-state index contributed by atoms with van der Waals surface area (Å²) in [6, 6.07) is 1.84. The van der Waals surface area contributed by atoms with Gasteiger partial charge in [-0.3, -0.25) is 4.79 Å². The van der Waals surface area contributed by atoms with Crippen LogP contribution < -0.4 is 5.32 Å². The highest BCUT2D eigenvalue weighted by atomic mass is 32.2. The maximum absolute atomic E-state index is 12.6. The molecule has 0 saturated heterocycles. The molecule has 4 rings (SSSR count). The van der Waals surface area contributed by atoms with Crippen molar-refractivity contribution in [2.75, 3.05) is 17.7 Å². The number of furan rings is 1. The van der Waals surface area contributed by atoms with E-state index >= 15 is 0 Å². The molecule has 158 valence electrons. The molecular weight excluding hydrogens is 424 g/mol. The molecule has 1 aliphatic carbocycles. The molecule has 3 aromatic rings. The Bertz CT molecular complexity index is 1100. The fourth-order valence-electron chi connectivity index (χ4n) is 3.50. The van der Waals surface area contributed by atoms with E-state index in [0.717, 1.165) is 41.0 Å². The minimum atomic E-state index is -0.367. The van der Waals surface area contributed by atoms with Gasteiger partial charge in [-0.15, -0.1) is 21.5 Å². The molecule has 1 amide bonds. The van der Waals surface area contributed by atoms with Crippen molar-refractivity contribution in [2.24, 2.45) is 7.05 Å². The lowest BCUT2D eigenvalue weighted by Gasteiger charge is -2.08. The first-order valence-corrected chi connectivity index (χ1v) is 11.5. The number of thioether (sulfide) groups is 1. The van der Waals surface area contributed by atoms with Crippen LogP contribution >= 0.6 is 23.1 Å². The number of rotatable bonds is 7. The number of aryl methyl sites for hydroxylation is 2. The molecule has 1 aliphatic rings. The van der Waals surface area contributed by atoms with E-state index in [9.17, 15) is 9.59 Å². The van der Waals surface area contributed by atoms with Crippen LogP contribution in [0.3, 0.4) is 0 Å². The summed E-state index contributed by atoms with van der Waals surface area (Å²) in [4.78, 5) is 26.2. The zero-order valence-corrected chi connectivity index (χ0v) is 18.6. The SMILES string of the molecule is CCOC(=O)c1c(NC(=O)CSc2nnc(-c3ccoc3C)n2C)sc2c1CCC2. The molecule has 0 unspecified atom stereocenters. The predicted molar refractivity (Wildman–Crippen MR) is 115 cm³/mol. The summed E-state index contributed by atoms with van der Waals surface area (Å²) in [6.07, 6.45) is 4.42. The normalized spacial score (nSPS) is 12.8. The molecule has 0 aliphatic heterocycles. The van der Waals surface area contributed by atoms with Crippen molar-refractivity contribution in [3.8, 4) is 11.4 Å². The molecule has 30 heavy (non-hydrogen) atoms. The highest BCUT2D eigenvalue weighted by Crippen LogP contribution is 2.39. The number of hydrogen-bond acceptors (Lipinski definition) is 8. The van der Waals surface area contributed by atoms with Crippen molar-refractivity contribution in [1.82, 2.24) is 14.8 Å². The Labute approximate surface area is 182 Å². The van der Waals surface area contributed by atoms with E-state index in [0.29, 0.717) is 28.2 Å². The molecule has 0 spiro atoms. The largest absolute Gasteiger partial charge is 0.469 e. The lowest BCUT2D eigenvalue weighted by Crippen LogP contribution is -2.17. The Balaban J connectivity index is 1.45. The van der Waals surface area contributed by atoms with Gasteiger partial charge in [-0.2, -0.15) is 0 Å². The summed E-state index contributed by atoms with van der Waals surface area (Å²) < 4.78 is 12.4. The van der Waals surface area contributed by atoms with Crippen molar-refractivity contribution in [1.29, 1.82) is 0 Å². The van der Waals surface area contributed by atoms with Gasteiger partial charge in [0.05, 0.1) is 29.7 Å². The van der Waals surface area contributed by atoms with Gasteiger partial charge in [-0.1, -0.05) is 11.8 Å². The minimum Gasteiger partial charge on any atom is -0.469 e. The van der Waals surface area contributed by atoms with Crippen LogP contribution in [0.15, 0.2) is 21.9 Å². The van der Waals surface area contributed by atoms with Crippen molar-refractivity contribution in [3.63, 3.8) is 0 Å². The smallest absolute Gasteiger partial charge is 0.341 e. The van der Waals surface area contributed by atoms with Gasteiger partial charge in [-0.05, 0) is 44.7 Å². The number of esters is 1. The van der Waals surface area contributed by atoms with Crippen LogP contribution in [0.4, 0.5) is 5.00 Å². The van der Waals surface area contributed by atoms with Crippen molar-refractivity contribution in [2.45, 2.75) is 38.3 Å². The highest BCUT2D eigenvalue weighted by Gasteiger charge is 2.28. The molecule has 8 nitrogen and oxygen atoms in total. The van der Waals surface area contributed by atoms with E-state index in [-0.39, 0.29) is 17.6 Å². The van der Waals surface area contributed by atoms with Gasteiger partial charge in [0.1, 0.15) is 10.8 Å². The average molecular weight is 447 g/mol. The Hall–Kier alpha value is -2.59. The molecule has 0 radical (unpaired) electrons. The van der Waals surface area contributed by atoms with Crippen molar-refractivity contribution in [3.05, 3.63) is 34.1 Å².